The van der Waals surface area contributed by atoms with E-state index in [2.05, 4.69) is 27.3 Å². The number of hydrogen-bond donors (Lipinski definition) is 2. The van der Waals surface area contributed by atoms with Crippen LogP contribution in [0.3, 0.4) is 0 Å². The molecule has 3 aromatic rings. The van der Waals surface area contributed by atoms with E-state index >= 15 is 0 Å². The monoisotopic (exact) mass is 494 g/mol. The SMILES string of the molecule is COc1ccc(C(CNC(=O)CCc2nc3sc4c(c3c(=O)[nH]2)CCCC4)N2CCCCC2)cc1. The minimum Gasteiger partial charge on any atom is -0.497 e. The van der Waals surface area contributed by atoms with E-state index in [1.54, 1.807) is 18.4 Å². The molecule has 2 aliphatic rings. The van der Waals surface area contributed by atoms with Crippen molar-refractivity contribution in [2.75, 3.05) is 26.7 Å². The van der Waals surface area contributed by atoms with Gasteiger partial charge in [0.2, 0.25) is 5.91 Å². The molecule has 1 aliphatic heterocycles. The van der Waals surface area contributed by atoms with Crippen LogP contribution in [-0.4, -0.2) is 47.5 Å². The van der Waals surface area contributed by atoms with Crippen molar-refractivity contribution in [3.05, 3.63) is 56.4 Å². The fourth-order valence-corrected chi connectivity index (χ4v) is 6.65. The quantitative estimate of drug-likeness (QED) is 0.491. The van der Waals surface area contributed by atoms with Crippen LogP contribution in [0.25, 0.3) is 10.2 Å². The highest BCUT2D eigenvalue weighted by molar-refractivity contribution is 7.18. The number of ether oxygens (including phenoxy) is 1. The summed E-state index contributed by atoms with van der Waals surface area (Å²) in [5.74, 6) is 1.41. The topological polar surface area (TPSA) is 87.3 Å². The Morgan fingerprint density at radius 3 is 2.69 bits per heavy atom. The molecule has 2 aromatic heterocycles. The van der Waals surface area contributed by atoms with Gasteiger partial charge in [0.15, 0.2) is 0 Å². The summed E-state index contributed by atoms with van der Waals surface area (Å²) in [6, 6.07) is 8.28. The summed E-state index contributed by atoms with van der Waals surface area (Å²) in [5, 5.41) is 3.91. The first-order chi connectivity index (χ1) is 17.1. The molecule has 0 radical (unpaired) electrons. The van der Waals surface area contributed by atoms with Crippen LogP contribution in [0.5, 0.6) is 5.75 Å². The number of fused-ring (bicyclic) bond motifs is 3. The van der Waals surface area contributed by atoms with E-state index in [4.69, 9.17) is 9.72 Å². The summed E-state index contributed by atoms with van der Waals surface area (Å²) in [7, 11) is 1.67. The molecular weight excluding hydrogens is 460 g/mol. The summed E-state index contributed by atoms with van der Waals surface area (Å²) < 4.78 is 5.31. The third-order valence-corrected chi connectivity index (χ3v) is 8.47. The Balaban J connectivity index is 1.23. The van der Waals surface area contributed by atoms with Crippen molar-refractivity contribution in [3.63, 3.8) is 0 Å². The third-order valence-electron chi connectivity index (χ3n) is 7.29. The van der Waals surface area contributed by atoms with Gasteiger partial charge in [-0.05, 0) is 74.9 Å². The van der Waals surface area contributed by atoms with Crippen molar-refractivity contribution in [2.24, 2.45) is 0 Å². The molecule has 5 rings (SSSR count). The normalized spacial score (nSPS) is 17.2. The largest absolute Gasteiger partial charge is 0.497 e. The van der Waals surface area contributed by atoms with Crippen LogP contribution in [0.1, 0.15) is 66.4 Å². The van der Waals surface area contributed by atoms with Crippen molar-refractivity contribution in [1.82, 2.24) is 20.2 Å². The second-order valence-electron chi connectivity index (χ2n) is 9.59. The van der Waals surface area contributed by atoms with Gasteiger partial charge in [0.05, 0.1) is 18.5 Å². The number of carbonyl (C=O) groups excluding carboxylic acids is 1. The van der Waals surface area contributed by atoms with Gasteiger partial charge in [0.25, 0.3) is 5.56 Å². The van der Waals surface area contributed by atoms with Crippen molar-refractivity contribution in [1.29, 1.82) is 0 Å². The zero-order valence-electron chi connectivity index (χ0n) is 20.4. The van der Waals surface area contributed by atoms with Crippen LogP contribution >= 0.6 is 11.3 Å². The van der Waals surface area contributed by atoms with Gasteiger partial charge in [-0.3, -0.25) is 14.5 Å². The predicted molar refractivity (Wildman–Crippen MR) is 139 cm³/mol. The van der Waals surface area contributed by atoms with Gasteiger partial charge >= 0.3 is 0 Å². The van der Waals surface area contributed by atoms with Crippen molar-refractivity contribution in [3.8, 4) is 5.75 Å². The molecule has 1 fully saturated rings. The minimum atomic E-state index is -0.0607. The molecule has 1 atom stereocenters. The predicted octanol–water partition coefficient (Wildman–Crippen LogP) is 4.15. The maximum atomic E-state index is 12.8. The van der Waals surface area contributed by atoms with Crippen LogP contribution in [0.2, 0.25) is 0 Å². The number of nitrogens with one attached hydrogen (secondary N) is 2. The molecule has 35 heavy (non-hydrogen) atoms. The Bertz CT molecular complexity index is 1230. The standard InChI is InChI=1S/C27H34N4O3S/c1-34-19-11-9-18(10-12-19)21(31-15-5-2-6-16-31)17-28-24(32)14-13-23-29-26(33)25-20-7-3-4-8-22(20)35-27(25)30-23/h9-12,21H,2-8,13-17H2,1H3,(H,28,32)(H,29,30,33). The number of amides is 1. The third kappa shape index (κ3) is 5.43. The molecule has 1 unspecified atom stereocenters. The zero-order chi connectivity index (χ0) is 24.2. The highest BCUT2D eigenvalue weighted by atomic mass is 32.1. The van der Waals surface area contributed by atoms with E-state index in [0.717, 1.165) is 48.3 Å². The van der Waals surface area contributed by atoms with Crippen molar-refractivity contribution < 1.29 is 9.53 Å². The van der Waals surface area contributed by atoms with Gasteiger partial charge in [-0.2, -0.15) is 0 Å². The molecule has 0 saturated carbocycles. The van der Waals surface area contributed by atoms with E-state index in [0.29, 0.717) is 25.2 Å². The van der Waals surface area contributed by atoms with Crippen LogP contribution in [0.15, 0.2) is 29.1 Å². The summed E-state index contributed by atoms with van der Waals surface area (Å²) in [6.07, 6.45) is 8.69. The highest BCUT2D eigenvalue weighted by Gasteiger charge is 2.23. The van der Waals surface area contributed by atoms with E-state index in [9.17, 15) is 9.59 Å². The van der Waals surface area contributed by atoms with Gasteiger partial charge < -0.3 is 15.0 Å². The highest BCUT2D eigenvalue weighted by Crippen LogP contribution is 2.33. The number of aryl methyl sites for hydroxylation is 3. The number of aromatic amines is 1. The van der Waals surface area contributed by atoms with Gasteiger partial charge in [-0.25, -0.2) is 4.98 Å². The van der Waals surface area contributed by atoms with Crippen LogP contribution in [0, 0.1) is 0 Å². The number of aromatic nitrogens is 2. The second kappa shape index (κ2) is 10.9. The minimum absolute atomic E-state index is 0.0197. The summed E-state index contributed by atoms with van der Waals surface area (Å²) in [6.45, 7) is 2.65. The molecule has 8 heteroatoms. The number of likely N-dealkylation sites (tertiary alicyclic amines) is 1. The Kier molecular flexibility index (Phi) is 7.48. The fraction of sp³-hybridized carbons (Fsp3) is 0.519. The molecule has 1 aliphatic carbocycles. The molecule has 1 aromatic carbocycles. The summed E-state index contributed by atoms with van der Waals surface area (Å²) >= 11 is 1.65. The number of benzene rings is 1. The van der Waals surface area contributed by atoms with Gasteiger partial charge in [0.1, 0.15) is 16.4 Å². The van der Waals surface area contributed by atoms with Crippen molar-refractivity contribution >= 4 is 27.5 Å². The molecular formula is C27H34N4O3S. The fourth-order valence-electron chi connectivity index (χ4n) is 5.37. The number of methoxy groups -OCH3 is 1. The average Bonchev–Trinajstić information content (AvgIpc) is 3.27. The first-order valence-electron chi connectivity index (χ1n) is 12.8. The molecule has 3 heterocycles. The Hall–Kier alpha value is -2.71. The van der Waals surface area contributed by atoms with E-state index in [-0.39, 0.29) is 17.5 Å². The molecule has 0 spiro atoms. The summed E-state index contributed by atoms with van der Waals surface area (Å²) in [5.41, 5.74) is 2.32. The second-order valence-corrected chi connectivity index (χ2v) is 10.7. The number of hydrogen-bond acceptors (Lipinski definition) is 6. The lowest BCUT2D eigenvalue weighted by Gasteiger charge is -2.35. The molecule has 7 nitrogen and oxygen atoms in total. The van der Waals surface area contributed by atoms with Gasteiger partial charge in [0, 0.05) is 24.3 Å². The first-order valence-corrected chi connectivity index (χ1v) is 13.6. The Morgan fingerprint density at radius 2 is 1.91 bits per heavy atom. The van der Waals surface area contributed by atoms with Crippen LogP contribution < -0.4 is 15.6 Å². The molecule has 0 bridgehead atoms. The van der Waals surface area contributed by atoms with E-state index in [1.165, 1.54) is 41.7 Å². The smallest absolute Gasteiger partial charge is 0.259 e. The lowest BCUT2D eigenvalue weighted by Crippen LogP contribution is -2.40. The maximum absolute atomic E-state index is 12.8. The number of H-pyrrole nitrogens is 1. The number of carbonyl (C=O) groups is 1. The average molecular weight is 495 g/mol. The molecule has 1 amide bonds. The Morgan fingerprint density at radius 1 is 1.14 bits per heavy atom. The number of rotatable bonds is 8. The molecule has 1 saturated heterocycles. The van der Waals surface area contributed by atoms with Gasteiger partial charge in [-0.15, -0.1) is 11.3 Å². The first kappa shape index (κ1) is 24.0. The van der Waals surface area contributed by atoms with Crippen molar-refractivity contribution in [2.45, 2.75) is 63.8 Å². The molecule has 2 N–H and O–H groups in total. The number of nitrogens with zero attached hydrogens (tertiary/aromatic N) is 2. The summed E-state index contributed by atoms with van der Waals surface area (Å²) in [4.78, 5) is 37.8. The number of thiophene rings is 1. The van der Waals surface area contributed by atoms with E-state index < -0.39 is 0 Å². The van der Waals surface area contributed by atoms with E-state index in [1.807, 2.05) is 12.1 Å². The number of piperidine rings is 1. The van der Waals surface area contributed by atoms with Crippen LogP contribution in [0.4, 0.5) is 0 Å². The van der Waals surface area contributed by atoms with Gasteiger partial charge in [-0.1, -0.05) is 18.6 Å². The Labute approximate surface area is 209 Å². The van der Waals surface area contributed by atoms with Crippen LogP contribution in [-0.2, 0) is 24.1 Å². The maximum Gasteiger partial charge on any atom is 0.259 e. The lowest BCUT2D eigenvalue weighted by atomic mass is 9.97. The zero-order valence-corrected chi connectivity index (χ0v) is 21.2. The lowest BCUT2D eigenvalue weighted by molar-refractivity contribution is -0.121. The molecule has 186 valence electrons.